The maximum absolute atomic E-state index is 10.8. The Kier molecular flexibility index (Phi) is 4.24. The quantitative estimate of drug-likeness (QED) is 0.462. The van der Waals surface area contributed by atoms with Gasteiger partial charge in [-0.05, 0) is 12.1 Å². The number of nitro groups is 1. The molecule has 0 saturated heterocycles. The first-order valence-electron chi connectivity index (χ1n) is 4.61. The Bertz CT molecular complexity index is 426. The number of nitrogens with zero attached hydrogens (tertiary/aromatic N) is 2. The van der Waals surface area contributed by atoms with Gasteiger partial charge in [0, 0.05) is 13.7 Å². The Morgan fingerprint density at radius 3 is 2.94 bits per heavy atom. The summed E-state index contributed by atoms with van der Waals surface area (Å²) in [6.07, 6.45) is 0. The molecule has 0 spiro atoms. The van der Waals surface area contributed by atoms with Crippen LogP contribution in [0.3, 0.4) is 0 Å². The molecule has 1 N–H and O–H groups in total. The van der Waals surface area contributed by atoms with Gasteiger partial charge in [-0.15, -0.1) is 0 Å². The van der Waals surface area contributed by atoms with Crippen LogP contribution in [-0.4, -0.2) is 25.2 Å². The minimum atomic E-state index is -0.562. The number of rotatable bonds is 5. The lowest BCUT2D eigenvalue weighted by Gasteiger charge is -2.06. The van der Waals surface area contributed by atoms with E-state index in [1.54, 1.807) is 25.3 Å². The van der Waals surface area contributed by atoms with Gasteiger partial charge in [-0.2, -0.15) is 5.26 Å². The smallest absolute Gasteiger partial charge is 0.309 e. The Morgan fingerprint density at radius 1 is 1.62 bits per heavy atom. The largest absolute Gasteiger partial charge is 0.383 e. The fraction of sp³-hybridized carbons (Fsp3) is 0.300. The molecule has 0 amide bonds. The average molecular weight is 221 g/mol. The van der Waals surface area contributed by atoms with Crippen molar-refractivity contribution in [3.8, 4) is 6.07 Å². The molecule has 0 aromatic heterocycles. The summed E-state index contributed by atoms with van der Waals surface area (Å²) < 4.78 is 4.82. The maximum Gasteiger partial charge on any atom is 0.309 e. The van der Waals surface area contributed by atoms with E-state index >= 15 is 0 Å². The number of hydrogen-bond acceptors (Lipinski definition) is 5. The molecular weight excluding hydrogens is 210 g/mol. The van der Waals surface area contributed by atoms with Crippen molar-refractivity contribution in [1.29, 1.82) is 5.26 Å². The summed E-state index contributed by atoms with van der Waals surface area (Å²) in [5.41, 5.74) is 0.189. The molecule has 1 rings (SSSR count). The Hall–Kier alpha value is -2.13. The summed E-state index contributed by atoms with van der Waals surface area (Å²) in [6.45, 7) is 0.889. The predicted octanol–water partition coefficient (Wildman–Crippen LogP) is 1.52. The first-order chi connectivity index (χ1) is 7.70. The highest BCUT2D eigenvalue weighted by atomic mass is 16.6. The summed E-state index contributed by atoms with van der Waals surface area (Å²) >= 11 is 0. The van der Waals surface area contributed by atoms with Gasteiger partial charge in [-0.1, -0.05) is 6.07 Å². The van der Waals surface area contributed by atoms with Gasteiger partial charge in [0.25, 0.3) is 0 Å². The van der Waals surface area contributed by atoms with E-state index in [2.05, 4.69) is 5.32 Å². The summed E-state index contributed by atoms with van der Waals surface area (Å²) in [7, 11) is 1.54. The zero-order valence-corrected chi connectivity index (χ0v) is 8.77. The zero-order chi connectivity index (χ0) is 12.0. The van der Waals surface area contributed by atoms with Gasteiger partial charge in [-0.3, -0.25) is 10.1 Å². The first kappa shape index (κ1) is 11.9. The van der Waals surface area contributed by atoms with Crippen molar-refractivity contribution in [2.45, 2.75) is 0 Å². The van der Waals surface area contributed by atoms with Crippen molar-refractivity contribution in [3.05, 3.63) is 33.9 Å². The second-order valence-electron chi connectivity index (χ2n) is 2.99. The molecule has 0 unspecified atom stereocenters. The van der Waals surface area contributed by atoms with E-state index in [-0.39, 0.29) is 11.3 Å². The number of nitrogens with one attached hydrogen (secondary N) is 1. The third-order valence-electron chi connectivity index (χ3n) is 1.96. The highest BCUT2D eigenvalue weighted by Crippen LogP contribution is 2.27. The van der Waals surface area contributed by atoms with Gasteiger partial charge in [0.15, 0.2) is 0 Å². The van der Waals surface area contributed by atoms with E-state index in [1.165, 1.54) is 6.07 Å². The van der Waals surface area contributed by atoms with Crippen molar-refractivity contribution >= 4 is 11.4 Å². The van der Waals surface area contributed by atoms with E-state index in [4.69, 9.17) is 10.00 Å². The molecule has 1 aromatic rings. The number of nitro benzene ring substituents is 1. The molecule has 0 atom stereocenters. The SMILES string of the molecule is COCCNc1cccc(C#N)c1[N+](=O)[O-]. The van der Waals surface area contributed by atoms with Crippen LogP contribution in [0.4, 0.5) is 11.4 Å². The van der Waals surface area contributed by atoms with Crippen LogP contribution >= 0.6 is 0 Å². The van der Waals surface area contributed by atoms with Crippen LogP contribution in [0, 0.1) is 21.4 Å². The summed E-state index contributed by atoms with van der Waals surface area (Å²) in [5.74, 6) is 0. The number of para-hydroxylation sites is 1. The maximum atomic E-state index is 10.8. The lowest BCUT2D eigenvalue weighted by molar-refractivity contribution is -0.384. The monoisotopic (exact) mass is 221 g/mol. The third kappa shape index (κ3) is 2.68. The molecule has 6 nitrogen and oxygen atoms in total. The van der Waals surface area contributed by atoms with Crippen molar-refractivity contribution in [3.63, 3.8) is 0 Å². The highest BCUT2D eigenvalue weighted by molar-refractivity contribution is 5.68. The van der Waals surface area contributed by atoms with Crippen LogP contribution in [0.1, 0.15) is 5.56 Å². The van der Waals surface area contributed by atoms with Gasteiger partial charge in [0.2, 0.25) is 0 Å². The van der Waals surface area contributed by atoms with E-state index in [0.717, 1.165) is 0 Å². The molecule has 16 heavy (non-hydrogen) atoms. The lowest BCUT2D eigenvalue weighted by atomic mass is 10.1. The average Bonchev–Trinajstić information content (AvgIpc) is 2.28. The summed E-state index contributed by atoms with van der Waals surface area (Å²) in [4.78, 5) is 10.3. The Morgan fingerprint density at radius 2 is 2.38 bits per heavy atom. The zero-order valence-electron chi connectivity index (χ0n) is 8.77. The van der Waals surface area contributed by atoms with Gasteiger partial charge < -0.3 is 10.1 Å². The van der Waals surface area contributed by atoms with Gasteiger partial charge in [0.05, 0.1) is 11.5 Å². The number of anilines is 1. The van der Waals surface area contributed by atoms with Gasteiger partial charge in [-0.25, -0.2) is 0 Å². The van der Waals surface area contributed by atoms with Crippen molar-refractivity contribution < 1.29 is 9.66 Å². The van der Waals surface area contributed by atoms with Crippen LogP contribution < -0.4 is 5.32 Å². The van der Waals surface area contributed by atoms with E-state index < -0.39 is 4.92 Å². The minimum Gasteiger partial charge on any atom is -0.383 e. The highest BCUT2D eigenvalue weighted by Gasteiger charge is 2.18. The third-order valence-corrected chi connectivity index (χ3v) is 1.96. The fourth-order valence-corrected chi connectivity index (χ4v) is 1.26. The van der Waals surface area contributed by atoms with Crippen molar-refractivity contribution in [1.82, 2.24) is 0 Å². The molecule has 0 fully saturated rings. The second kappa shape index (κ2) is 5.68. The predicted molar refractivity (Wildman–Crippen MR) is 58.2 cm³/mol. The molecule has 6 heteroatoms. The molecule has 0 heterocycles. The minimum absolute atomic E-state index is 0.0485. The van der Waals surface area contributed by atoms with E-state index in [0.29, 0.717) is 18.8 Å². The van der Waals surface area contributed by atoms with Crippen molar-refractivity contribution in [2.24, 2.45) is 0 Å². The number of hydrogen-bond donors (Lipinski definition) is 1. The summed E-state index contributed by atoms with van der Waals surface area (Å²) in [6, 6.07) is 6.37. The van der Waals surface area contributed by atoms with E-state index in [9.17, 15) is 10.1 Å². The van der Waals surface area contributed by atoms with Gasteiger partial charge in [0.1, 0.15) is 17.3 Å². The van der Waals surface area contributed by atoms with Crippen LogP contribution in [0.25, 0.3) is 0 Å². The topological polar surface area (TPSA) is 88.2 Å². The van der Waals surface area contributed by atoms with E-state index in [1.807, 2.05) is 0 Å². The molecule has 0 aliphatic carbocycles. The molecule has 1 aromatic carbocycles. The molecule has 0 radical (unpaired) electrons. The molecular formula is C10H11N3O3. The molecule has 84 valence electrons. The van der Waals surface area contributed by atoms with Gasteiger partial charge >= 0.3 is 5.69 Å². The summed E-state index contributed by atoms with van der Waals surface area (Å²) in [5, 5.41) is 22.4. The van der Waals surface area contributed by atoms with Crippen LogP contribution in [0.5, 0.6) is 0 Å². The standard InChI is InChI=1S/C10H11N3O3/c1-16-6-5-12-9-4-2-3-8(7-11)10(9)13(14)15/h2-4,12H,5-6H2,1H3. The first-order valence-corrected chi connectivity index (χ1v) is 4.61. The molecule has 0 aliphatic rings. The van der Waals surface area contributed by atoms with Crippen molar-refractivity contribution in [2.75, 3.05) is 25.6 Å². The lowest BCUT2D eigenvalue weighted by Crippen LogP contribution is -2.09. The van der Waals surface area contributed by atoms with Crippen LogP contribution in [0.2, 0.25) is 0 Å². The fourth-order valence-electron chi connectivity index (χ4n) is 1.26. The molecule has 0 bridgehead atoms. The molecule has 0 saturated carbocycles. The second-order valence-corrected chi connectivity index (χ2v) is 2.99. The number of benzene rings is 1. The Balaban J connectivity index is 2.99. The molecule has 0 aliphatic heterocycles. The normalized spacial score (nSPS) is 9.50. The van der Waals surface area contributed by atoms with Crippen LogP contribution in [0.15, 0.2) is 18.2 Å². The Labute approximate surface area is 92.6 Å². The number of nitriles is 1. The number of ether oxygens (including phenoxy) is 1. The van der Waals surface area contributed by atoms with Crippen LogP contribution in [-0.2, 0) is 4.74 Å². The number of methoxy groups -OCH3 is 1.